The maximum atomic E-state index is 11.4. The normalized spacial score (nSPS) is 11.3. The fraction of sp³-hybridized carbons (Fsp3) is 0.429. The fourth-order valence-electron chi connectivity index (χ4n) is 2.10. The molecule has 0 bridgehead atoms. The summed E-state index contributed by atoms with van der Waals surface area (Å²) >= 11 is 3.33. The van der Waals surface area contributed by atoms with Crippen LogP contribution < -0.4 is 0 Å². The van der Waals surface area contributed by atoms with E-state index in [1.54, 1.807) is 13.0 Å². The Balaban J connectivity index is 3.27. The van der Waals surface area contributed by atoms with Gasteiger partial charge in [-0.05, 0) is 42.5 Å². The summed E-state index contributed by atoms with van der Waals surface area (Å²) in [6, 6.07) is 5.57. The molecule has 0 aliphatic carbocycles. The molecule has 0 unspecified atom stereocenters. The number of aliphatic carboxylic acids is 2. The molecule has 0 aromatic heterocycles. The van der Waals surface area contributed by atoms with Crippen LogP contribution in [0.25, 0.3) is 0 Å². The number of carboxylic acids is 2. The second kappa shape index (κ2) is 6.19. The quantitative estimate of drug-likeness (QED) is 0.787. The Morgan fingerprint density at radius 3 is 2.16 bits per heavy atom. The Kier molecular flexibility index (Phi) is 5.11. The van der Waals surface area contributed by atoms with Crippen molar-refractivity contribution < 1.29 is 19.8 Å². The molecule has 0 spiro atoms. The van der Waals surface area contributed by atoms with E-state index < -0.39 is 17.4 Å². The summed E-state index contributed by atoms with van der Waals surface area (Å²) in [5, 5.41) is 18.6. The zero-order chi connectivity index (χ0) is 14.6. The molecule has 4 nitrogen and oxygen atoms in total. The van der Waals surface area contributed by atoms with Crippen LogP contribution >= 0.6 is 15.9 Å². The lowest BCUT2D eigenvalue weighted by Crippen LogP contribution is -2.41. The highest BCUT2D eigenvalue weighted by molar-refractivity contribution is 9.10. The number of carbonyl (C=O) groups is 2. The van der Waals surface area contributed by atoms with Gasteiger partial charge in [0.2, 0.25) is 0 Å². The number of hydrogen-bond acceptors (Lipinski definition) is 2. The Hall–Kier alpha value is -1.36. The van der Waals surface area contributed by atoms with Crippen LogP contribution in [-0.2, 0) is 22.4 Å². The Morgan fingerprint density at radius 1 is 1.16 bits per heavy atom. The van der Waals surface area contributed by atoms with Gasteiger partial charge in [-0.15, -0.1) is 0 Å². The third kappa shape index (κ3) is 3.15. The molecule has 1 rings (SSSR count). The molecule has 1 aromatic carbocycles. The van der Waals surface area contributed by atoms with Crippen LogP contribution in [0.2, 0.25) is 0 Å². The van der Waals surface area contributed by atoms with E-state index in [1.807, 2.05) is 19.1 Å². The van der Waals surface area contributed by atoms with Gasteiger partial charge in [0.15, 0.2) is 5.41 Å². The lowest BCUT2D eigenvalue weighted by atomic mass is 9.78. The highest BCUT2D eigenvalue weighted by atomic mass is 79.9. The van der Waals surface area contributed by atoms with E-state index in [0.717, 1.165) is 22.0 Å². The lowest BCUT2D eigenvalue weighted by molar-refractivity contribution is -0.164. The number of halogens is 1. The van der Waals surface area contributed by atoms with Crippen LogP contribution in [0.3, 0.4) is 0 Å². The summed E-state index contributed by atoms with van der Waals surface area (Å²) in [5.74, 6) is -2.57. The number of aryl methyl sites for hydroxylation is 1. The number of rotatable bonds is 6. The molecular formula is C14H17BrO4. The van der Waals surface area contributed by atoms with Crippen molar-refractivity contribution in [2.75, 3.05) is 0 Å². The van der Waals surface area contributed by atoms with Gasteiger partial charge >= 0.3 is 11.9 Å². The van der Waals surface area contributed by atoms with Crippen LogP contribution in [-0.4, -0.2) is 22.2 Å². The second-order valence-electron chi connectivity index (χ2n) is 4.49. The first-order valence-corrected chi connectivity index (χ1v) is 6.90. The smallest absolute Gasteiger partial charge is 0.321 e. The molecule has 104 valence electrons. The maximum Gasteiger partial charge on any atom is 0.321 e. The number of hydrogen-bond donors (Lipinski definition) is 2. The Morgan fingerprint density at radius 2 is 1.74 bits per heavy atom. The van der Waals surface area contributed by atoms with E-state index in [0.29, 0.717) is 0 Å². The standard InChI is InChI=1S/C14H17BrO4/c1-3-9-5-6-11(15)7-10(9)8-14(4-2,12(16)17)13(18)19/h5-7H,3-4,8H2,1-2H3,(H,16,17)(H,18,19). The van der Waals surface area contributed by atoms with Crippen molar-refractivity contribution in [2.24, 2.45) is 5.41 Å². The van der Waals surface area contributed by atoms with Gasteiger partial charge in [-0.25, -0.2) is 0 Å². The van der Waals surface area contributed by atoms with Crippen molar-refractivity contribution in [3.8, 4) is 0 Å². The fourth-order valence-corrected chi connectivity index (χ4v) is 2.51. The molecular weight excluding hydrogens is 312 g/mol. The van der Waals surface area contributed by atoms with Crippen molar-refractivity contribution in [1.29, 1.82) is 0 Å². The van der Waals surface area contributed by atoms with Gasteiger partial charge in [0.25, 0.3) is 0 Å². The molecule has 0 amide bonds. The summed E-state index contributed by atoms with van der Waals surface area (Å²) in [6.07, 6.45) is 0.783. The average Bonchev–Trinajstić information content (AvgIpc) is 2.35. The molecule has 2 N–H and O–H groups in total. The van der Waals surface area contributed by atoms with E-state index in [1.165, 1.54) is 0 Å². The summed E-state index contributed by atoms with van der Waals surface area (Å²) in [4.78, 5) is 22.8. The monoisotopic (exact) mass is 328 g/mol. The van der Waals surface area contributed by atoms with Gasteiger partial charge in [0.05, 0.1) is 0 Å². The van der Waals surface area contributed by atoms with Crippen LogP contribution in [0, 0.1) is 5.41 Å². The second-order valence-corrected chi connectivity index (χ2v) is 5.41. The molecule has 0 saturated carbocycles. The highest BCUT2D eigenvalue weighted by Gasteiger charge is 2.45. The summed E-state index contributed by atoms with van der Waals surface area (Å²) in [6.45, 7) is 3.55. The largest absolute Gasteiger partial charge is 0.480 e. The summed E-state index contributed by atoms with van der Waals surface area (Å²) < 4.78 is 0.820. The average molecular weight is 329 g/mol. The summed E-state index contributed by atoms with van der Waals surface area (Å²) in [5.41, 5.74) is -0.0166. The Bertz CT molecular complexity index is 482. The minimum absolute atomic E-state index is 0.00319. The zero-order valence-corrected chi connectivity index (χ0v) is 12.5. The van der Waals surface area contributed by atoms with Crippen molar-refractivity contribution in [3.63, 3.8) is 0 Å². The third-order valence-electron chi connectivity index (χ3n) is 3.46. The van der Waals surface area contributed by atoms with E-state index in [9.17, 15) is 19.8 Å². The first-order valence-electron chi connectivity index (χ1n) is 6.11. The molecule has 0 heterocycles. The summed E-state index contributed by atoms with van der Waals surface area (Å²) in [7, 11) is 0. The van der Waals surface area contributed by atoms with Crippen molar-refractivity contribution >= 4 is 27.9 Å². The van der Waals surface area contributed by atoms with Crippen LogP contribution in [0.1, 0.15) is 31.4 Å². The topological polar surface area (TPSA) is 74.6 Å². The van der Waals surface area contributed by atoms with Gasteiger partial charge in [-0.3, -0.25) is 9.59 Å². The van der Waals surface area contributed by atoms with Crippen LogP contribution in [0.15, 0.2) is 22.7 Å². The molecule has 0 saturated heterocycles. The Labute approximate surface area is 120 Å². The zero-order valence-electron chi connectivity index (χ0n) is 10.9. The predicted octanol–water partition coefficient (Wildman–Crippen LogP) is 3.12. The predicted molar refractivity (Wildman–Crippen MR) is 75.2 cm³/mol. The first kappa shape index (κ1) is 15.7. The van der Waals surface area contributed by atoms with Crippen molar-refractivity contribution in [3.05, 3.63) is 33.8 Å². The van der Waals surface area contributed by atoms with Gasteiger partial charge < -0.3 is 10.2 Å². The molecule has 0 aliphatic heterocycles. The molecule has 0 aliphatic rings. The minimum atomic E-state index is -1.76. The maximum absolute atomic E-state index is 11.4. The van der Waals surface area contributed by atoms with E-state index in [2.05, 4.69) is 15.9 Å². The van der Waals surface area contributed by atoms with Gasteiger partial charge in [0.1, 0.15) is 0 Å². The first-order chi connectivity index (χ1) is 8.87. The number of benzene rings is 1. The van der Waals surface area contributed by atoms with E-state index in [-0.39, 0.29) is 12.8 Å². The molecule has 5 heteroatoms. The van der Waals surface area contributed by atoms with Crippen molar-refractivity contribution in [1.82, 2.24) is 0 Å². The number of carboxylic acid groups (broad SMARTS) is 2. The van der Waals surface area contributed by atoms with Gasteiger partial charge in [-0.1, -0.05) is 35.8 Å². The van der Waals surface area contributed by atoms with E-state index in [4.69, 9.17) is 0 Å². The molecule has 0 atom stereocenters. The lowest BCUT2D eigenvalue weighted by Gasteiger charge is -2.24. The minimum Gasteiger partial charge on any atom is -0.480 e. The molecule has 0 radical (unpaired) electrons. The van der Waals surface area contributed by atoms with Crippen molar-refractivity contribution in [2.45, 2.75) is 33.1 Å². The highest BCUT2D eigenvalue weighted by Crippen LogP contribution is 2.31. The molecule has 1 aromatic rings. The van der Waals surface area contributed by atoms with E-state index >= 15 is 0 Å². The third-order valence-corrected chi connectivity index (χ3v) is 3.96. The van der Waals surface area contributed by atoms with Crippen LogP contribution in [0.4, 0.5) is 0 Å². The molecule has 0 fully saturated rings. The molecule has 19 heavy (non-hydrogen) atoms. The van der Waals surface area contributed by atoms with Gasteiger partial charge in [0, 0.05) is 4.47 Å². The van der Waals surface area contributed by atoms with Gasteiger partial charge in [-0.2, -0.15) is 0 Å². The van der Waals surface area contributed by atoms with Crippen LogP contribution in [0.5, 0.6) is 0 Å². The SMILES string of the molecule is CCc1ccc(Br)cc1CC(CC)(C(=O)O)C(=O)O.